The van der Waals surface area contributed by atoms with Gasteiger partial charge >= 0.3 is 0 Å². The maximum Gasteiger partial charge on any atom is 0.289 e. The zero-order valence-electron chi connectivity index (χ0n) is 15.5. The highest BCUT2D eigenvalue weighted by molar-refractivity contribution is 5.94. The van der Waals surface area contributed by atoms with Crippen LogP contribution in [0.3, 0.4) is 0 Å². The maximum absolute atomic E-state index is 12.2. The summed E-state index contributed by atoms with van der Waals surface area (Å²) >= 11 is 0. The van der Waals surface area contributed by atoms with Gasteiger partial charge in [0.05, 0.1) is 25.6 Å². The summed E-state index contributed by atoms with van der Waals surface area (Å²) in [6.07, 6.45) is 1.33. The van der Waals surface area contributed by atoms with Crippen LogP contribution in [0.2, 0.25) is 0 Å². The number of benzene rings is 2. The van der Waals surface area contributed by atoms with Crippen LogP contribution in [0.1, 0.15) is 23.0 Å². The SMILES string of the molecule is CCOc1ccc(-c2cc(C(=O)N/N=C/c3cccc(OC)c3O)[nH]n2)cc1. The predicted molar refractivity (Wildman–Crippen MR) is 105 cm³/mol. The molecule has 0 saturated carbocycles. The summed E-state index contributed by atoms with van der Waals surface area (Å²) in [6.45, 7) is 2.52. The van der Waals surface area contributed by atoms with Gasteiger partial charge in [-0.2, -0.15) is 10.2 Å². The van der Waals surface area contributed by atoms with E-state index in [1.165, 1.54) is 13.3 Å². The second-order valence-electron chi connectivity index (χ2n) is 5.72. The molecule has 8 heteroatoms. The molecule has 0 fully saturated rings. The predicted octanol–water partition coefficient (Wildman–Crippen LogP) is 2.95. The van der Waals surface area contributed by atoms with Gasteiger partial charge in [-0.05, 0) is 49.4 Å². The number of rotatable bonds is 7. The number of carbonyl (C=O) groups is 1. The number of aromatic hydroxyl groups is 1. The molecule has 3 rings (SSSR count). The van der Waals surface area contributed by atoms with Gasteiger partial charge in [-0.1, -0.05) is 6.07 Å². The van der Waals surface area contributed by atoms with E-state index in [0.29, 0.717) is 23.6 Å². The van der Waals surface area contributed by atoms with Gasteiger partial charge in [-0.15, -0.1) is 0 Å². The Hall–Kier alpha value is -3.81. The third kappa shape index (κ3) is 4.29. The van der Waals surface area contributed by atoms with Gasteiger partial charge < -0.3 is 14.6 Å². The van der Waals surface area contributed by atoms with Gasteiger partial charge in [-0.25, -0.2) is 5.43 Å². The van der Waals surface area contributed by atoms with Gasteiger partial charge in [-0.3, -0.25) is 9.89 Å². The number of hydrazone groups is 1. The number of phenols is 1. The van der Waals surface area contributed by atoms with Crippen LogP contribution < -0.4 is 14.9 Å². The number of aromatic amines is 1. The first-order valence-corrected chi connectivity index (χ1v) is 8.60. The van der Waals surface area contributed by atoms with Crippen LogP contribution in [0.5, 0.6) is 17.2 Å². The fourth-order valence-corrected chi connectivity index (χ4v) is 2.50. The molecule has 0 atom stereocenters. The number of nitrogens with one attached hydrogen (secondary N) is 2. The summed E-state index contributed by atoms with van der Waals surface area (Å²) in [6, 6.07) is 14.0. The van der Waals surface area contributed by atoms with Crippen LogP contribution >= 0.6 is 0 Å². The normalized spacial score (nSPS) is 10.8. The molecule has 0 aliphatic heterocycles. The fourth-order valence-electron chi connectivity index (χ4n) is 2.50. The largest absolute Gasteiger partial charge is 0.504 e. The summed E-state index contributed by atoms with van der Waals surface area (Å²) < 4.78 is 10.4. The number of methoxy groups -OCH3 is 1. The molecule has 3 aromatic rings. The third-order valence-corrected chi connectivity index (χ3v) is 3.90. The molecule has 1 amide bonds. The number of amides is 1. The Labute approximate surface area is 161 Å². The molecular formula is C20H20N4O4. The average molecular weight is 380 g/mol. The van der Waals surface area contributed by atoms with Crippen molar-refractivity contribution in [1.29, 1.82) is 0 Å². The molecule has 0 saturated heterocycles. The number of phenolic OH excluding ortho intramolecular Hbond substituents is 1. The lowest BCUT2D eigenvalue weighted by Gasteiger charge is -2.04. The number of ether oxygens (including phenoxy) is 2. The highest BCUT2D eigenvalue weighted by Crippen LogP contribution is 2.28. The van der Waals surface area contributed by atoms with E-state index >= 15 is 0 Å². The van der Waals surface area contributed by atoms with E-state index in [4.69, 9.17) is 9.47 Å². The molecule has 0 aliphatic rings. The lowest BCUT2D eigenvalue weighted by Crippen LogP contribution is -2.18. The molecule has 0 radical (unpaired) electrons. The summed E-state index contributed by atoms with van der Waals surface area (Å²) in [5.74, 6) is 0.587. The van der Waals surface area contributed by atoms with Crippen molar-refractivity contribution in [2.75, 3.05) is 13.7 Å². The first kappa shape index (κ1) is 19.0. The lowest BCUT2D eigenvalue weighted by molar-refractivity contribution is 0.0950. The van der Waals surface area contributed by atoms with Crippen molar-refractivity contribution in [1.82, 2.24) is 15.6 Å². The molecule has 1 heterocycles. The van der Waals surface area contributed by atoms with Crippen molar-refractivity contribution < 1.29 is 19.4 Å². The molecule has 1 aromatic heterocycles. The van der Waals surface area contributed by atoms with Crippen LogP contribution in [-0.2, 0) is 0 Å². The third-order valence-electron chi connectivity index (χ3n) is 3.90. The Morgan fingerprint density at radius 1 is 1.29 bits per heavy atom. The minimum absolute atomic E-state index is 0.0534. The zero-order valence-corrected chi connectivity index (χ0v) is 15.5. The standard InChI is InChI=1S/C20H20N4O4/c1-3-28-15-9-7-13(8-10-15)16-11-17(23-22-16)20(26)24-21-12-14-5-4-6-18(27-2)19(14)25/h4-12,25H,3H2,1-2H3,(H,22,23)(H,24,26)/b21-12+. The van der Waals surface area contributed by atoms with E-state index in [-0.39, 0.29) is 11.4 Å². The monoisotopic (exact) mass is 380 g/mol. The number of nitrogens with zero attached hydrogens (tertiary/aromatic N) is 2. The Balaban J connectivity index is 1.66. The molecule has 0 bridgehead atoms. The first-order chi connectivity index (χ1) is 13.6. The van der Waals surface area contributed by atoms with Gasteiger partial charge in [0.2, 0.25) is 0 Å². The second kappa shape index (κ2) is 8.72. The van der Waals surface area contributed by atoms with Crippen LogP contribution in [-0.4, -0.2) is 41.1 Å². The molecule has 8 nitrogen and oxygen atoms in total. The highest BCUT2D eigenvalue weighted by Gasteiger charge is 2.11. The van der Waals surface area contributed by atoms with Crippen LogP contribution in [0.15, 0.2) is 53.6 Å². The Morgan fingerprint density at radius 2 is 2.07 bits per heavy atom. The molecule has 144 valence electrons. The molecular weight excluding hydrogens is 360 g/mol. The Kier molecular flexibility index (Phi) is 5.91. The number of aromatic nitrogens is 2. The van der Waals surface area contributed by atoms with Crippen molar-refractivity contribution in [3.63, 3.8) is 0 Å². The van der Waals surface area contributed by atoms with Crippen LogP contribution in [0, 0.1) is 0 Å². The van der Waals surface area contributed by atoms with E-state index < -0.39 is 5.91 Å². The number of para-hydroxylation sites is 1. The summed E-state index contributed by atoms with van der Waals surface area (Å²) in [7, 11) is 1.46. The second-order valence-corrected chi connectivity index (χ2v) is 5.72. The van der Waals surface area contributed by atoms with Crippen molar-refractivity contribution in [2.45, 2.75) is 6.92 Å². The lowest BCUT2D eigenvalue weighted by atomic mass is 10.1. The zero-order chi connectivity index (χ0) is 19.9. The first-order valence-electron chi connectivity index (χ1n) is 8.60. The average Bonchev–Trinajstić information content (AvgIpc) is 3.20. The molecule has 3 N–H and O–H groups in total. The van der Waals surface area contributed by atoms with Gasteiger partial charge in [0.25, 0.3) is 5.91 Å². The smallest absolute Gasteiger partial charge is 0.289 e. The van der Waals surface area contributed by atoms with E-state index in [9.17, 15) is 9.90 Å². The van der Waals surface area contributed by atoms with Crippen molar-refractivity contribution in [2.24, 2.45) is 5.10 Å². The Bertz CT molecular complexity index is 980. The van der Waals surface area contributed by atoms with Gasteiger partial charge in [0, 0.05) is 11.1 Å². The van der Waals surface area contributed by atoms with Gasteiger partial charge in [0.15, 0.2) is 11.5 Å². The highest BCUT2D eigenvalue weighted by atomic mass is 16.5. The number of hydrogen-bond acceptors (Lipinski definition) is 6. The number of carbonyl (C=O) groups excluding carboxylic acids is 1. The van der Waals surface area contributed by atoms with Crippen molar-refractivity contribution in [3.8, 4) is 28.5 Å². The van der Waals surface area contributed by atoms with E-state index in [0.717, 1.165) is 11.3 Å². The van der Waals surface area contributed by atoms with E-state index in [1.54, 1.807) is 24.3 Å². The summed E-state index contributed by atoms with van der Waals surface area (Å²) in [4.78, 5) is 12.2. The molecule has 0 spiro atoms. The van der Waals surface area contributed by atoms with E-state index in [1.807, 2.05) is 31.2 Å². The molecule has 28 heavy (non-hydrogen) atoms. The van der Waals surface area contributed by atoms with Gasteiger partial charge in [0.1, 0.15) is 11.4 Å². The van der Waals surface area contributed by atoms with Crippen molar-refractivity contribution in [3.05, 3.63) is 59.8 Å². The number of hydrogen-bond donors (Lipinski definition) is 3. The fraction of sp³-hybridized carbons (Fsp3) is 0.150. The molecule has 0 unspecified atom stereocenters. The minimum atomic E-state index is -0.455. The van der Waals surface area contributed by atoms with Crippen LogP contribution in [0.25, 0.3) is 11.3 Å². The van der Waals surface area contributed by atoms with Crippen molar-refractivity contribution >= 4 is 12.1 Å². The van der Waals surface area contributed by atoms with E-state index in [2.05, 4.69) is 20.7 Å². The quantitative estimate of drug-likeness (QED) is 0.431. The maximum atomic E-state index is 12.2. The van der Waals surface area contributed by atoms with Crippen LogP contribution in [0.4, 0.5) is 0 Å². The minimum Gasteiger partial charge on any atom is -0.504 e. The molecule has 0 aliphatic carbocycles. The number of H-pyrrole nitrogens is 1. The molecule has 2 aromatic carbocycles. The Morgan fingerprint density at radius 3 is 2.79 bits per heavy atom. The summed E-state index contributed by atoms with van der Waals surface area (Å²) in [5, 5.41) is 20.7. The topological polar surface area (TPSA) is 109 Å². The summed E-state index contributed by atoms with van der Waals surface area (Å²) in [5.41, 5.74) is 4.54.